The third-order valence-corrected chi connectivity index (χ3v) is 5.20. The number of nitrogens with one attached hydrogen (secondary N) is 1. The average molecular weight is 405 g/mol. The van der Waals surface area contributed by atoms with Crippen LogP contribution in [0.1, 0.15) is 24.5 Å². The van der Waals surface area contributed by atoms with Crippen LogP contribution in [0.5, 0.6) is 11.5 Å². The summed E-state index contributed by atoms with van der Waals surface area (Å²) in [5.41, 5.74) is 5.48. The van der Waals surface area contributed by atoms with Gasteiger partial charge in [0.1, 0.15) is 13.2 Å². The van der Waals surface area contributed by atoms with Crippen molar-refractivity contribution in [3.8, 4) is 11.5 Å². The lowest BCUT2D eigenvalue weighted by Gasteiger charge is -2.19. The molecule has 0 fully saturated rings. The quantitative estimate of drug-likeness (QED) is 0.552. The van der Waals surface area contributed by atoms with Gasteiger partial charge in [0.25, 0.3) is 0 Å². The Morgan fingerprint density at radius 2 is 1.89 bits per heavy atom. The zero-order chi connectivity index (χ0) is 19.1. The second-order valence-electron chi connectivity index (χ2n) is 5.92. The molecule has 0 spiro atoms. The molecule has 2 aromatic carbocycles. The molecular weight excluding hydrogens is 384 g/mol. The summed E-state index contributed by atoms with van der Waals surface area (Å²) in [6.45, 7) is 3.10. The number of thioether (sulfide) groups is 1. The molecule has 142 valence electrons. The van der Waals surface area contributed by atoms with Crippen LogP contribution in [0.15, 0.2) is 47.6 Å². The van der Waals surface area contributed by atoms with Crippen LogP contribution in [0.4, 0.5) is 0 Å². The standard InChI is InChI=1S/C20H21ClN2O3S/c1-2-17(15-5-8-18-19(11-15)26-10-9-25-18)22-23-20(24)13-27-12-14-3-6-16(21)7-4-14/h3-8,11H,2,9-10,12-13H2,1H3,(H,23,24)/b22-17+. The SMILES string of the molecule is CC/C(=N\NC(=O)CSCc1ccc(Cl)cc1)c1ccc2c(c1)OCCO2. The smallest absolute Gasteiger partial charge is 0.250 e. The first-order valence-electron chi connectivity index (χ1n) is 8.73. The fraction of sp³-hybridized carbons (Fsp3) is 0.300. The molecule has 5 nitrogen and oxygen atoms in total. The van der Waals surface area contributed by atoms with E-state index in [2.05, 4.69) is 10.5 Å². The van der Waals surface area contributed by atoms with E-state index >= 15 is 0 Å². The van der Waals surface area contributed by atoms with Crippen molar-refractivity contribution in [2.75, 3.05) is 19.0 Å². The molecule has 27 heavy (non-hydrogen) atoms. The number of hydrogen-bond acceptors (Lipinski definition) is 5. The van der Waals surface area contributed by atoms with Crippen molar-refractivity contribution < 1.29 is 14.3 Å². The van der Waals surface area contributed by atoms with Crippen LogP contribution in [0, 0.1) is 0 Å². The van der Waals surface area contributed by atoms with Crippen molar-refractivity contribution in [3.63, 3.8) is 0 Å². The summed E-state index contributed by atoms with van der Waals surface area (Å²) in [4.78, 5) is 12.1. The maximum absolute atomic E-state index is 12.1. The summed E-state index contributed by atoms with van der Waals surface area (Å²) in [5.74, 6) is 2.41. The normalized spacial score (nSPS) is 13.3. The Bertz CT molecular complexity index is 824. The Balaban J connectivity index is 1.53. The van der Waals surface area contributed by atoms with E-state index in [1.54, 1.807) is 0 Å². The molecule has 1 aliphatic rings. The van der Waals surface area contributed by atoms with Gasteiger partial charge < -0.3 is 9.47 Å². The van der Waals surface area contributed by atoms with Crippen LogP contribution >= 0.6 is 23.4 Å². The first kappa shape index (κ1) is 19.6. The Hall–Kier alpha value is -2.18. The van der Waals surface area contributed by atoms with Crippen LogP contribution in [0.3, 0.4) is 0 Å². The molecule has 0 atom stereocenters. The molecule has 0 unspecified atom stereocenters. The van der Waals surface area contributed by atoms with Crippen molar-refractivity contribution in [2.45, 2.75) is 19.1 Å². The molecule has 1 heterocycles. The topological polar surface area (TPSA) is 59.9 Å². The molecule has 2 aromatic rings. The highest BCUT2D eigenvalue weighted by molar-refractivity contribution is 7.99. The van der Waals surface area contributed by atoms with E-state index in [0.29, 0.717) is 36.2 Å². The molecule has 1 aliphatic heterocycles. The molecule has 0 aliphatic carbocycles. The number of carbonyl (C=O) groups is 1. The fourth-order valence-electron chi connectivity index (χ4n) is 2.57. The second kappa shape index (κ2) is 9.67. The zero-order valence-electron chi connectivity index (χ0n) is 15.0. The van der Waals surface area contributed by atoms with Crippen LogP contribution in [0.25, 0.3) is 0 Å². The largest absolute Gasteiger partial charge is 0.486 e. The maximum Gasteiger partial charge on any atom is 0.250 e. The number of amides is 1. The molecule has 0 saturated heterocycles. The molecule has 3 rings (SSSR count). The number of hydrazone groups is 1. The van der Waals surface area contributed by atoms with Gasteiger partial charge in [0, 0.05) is 16.3 Å². The van der Waals surface area contributed by atoms with Gasteiger partial charge in [-0.3, -0.25) is 4.79 Å². The number of ether oxygens (including phenoxy) is 2. The third kappa shape index (κ3) is 5.65. The van der Waals surface area contributed by atoms with Crippen molar-refractivity contribution in [1.82, 2.24) is 5.43 Å². The van der Waals surface area contributed by atoms with Crippen molar-refractivity contribution in [3.05, 3.63) is 58.6 Å². The van der Waals surface area contributed by atoms with Gasteiger partial charge in [-0.1, -0.05) is 30.7 Å². The number of fused-ring (bicyclic) bond motifs is 1. The van der Waals surface area contributed by atoms with E-state index in [9.17, 15) is 4.79 Å². The summed E-state index contributed by atoms with van der Waals surface area (Å²) >= 11 is 7.40. The summed E-state index contributed by atoms with van der Waals surface area (Å²) in [5, 5.41) is 5.00. The van der Waals surface area contributed by atoms with Crippen LogP contribution < -0.4 is 14.9 Å². The Labute approximate surface area is 168 Å². The lowest BCUT2D eigenvalue weighted by atomic mass is 10.1. The minimum Gasteiger partial charge on any atom is -0.486 e. The van der Waals surface area contributed by atoms with Gasteiger partial charge in [-0.15, -0.1) is 11.8 Å². The van der Waals surface area contributed by atoms with Crippen molar-refractivity contribution in [1.29, 1.82) is 0 Å². The van der Waals surface area contributed by atoms with E-state index in [4.69, 9.17) is 21.1 Å². The van der Waals surface area contributed by atoms with Gasteiger partial charge in [-0.2, -0.15) is 5.10 Å². The highest BCUT2D eigenvalue weighted by Crippen LogP contribution is 2.31. The predicted molar refractivity (Wildman–Crippen MR) is 110 cm³/mol. The molecule has 1 amide bonds. The highest BCUT2D eigenvalue weighted by atomic mass is 35.5. The summed E-state index contributed by atoms with van der Waals surface area (Å²) in [7, 11) is 0. The highest BCUT2D eigenvalue weighted by Gasteiger charge is 2.13. The summed E-state index contributed by atoms with van der Waals surface area (Å²) in [6.07, 6.45) is 0.692. The molecule has 0 aromatic heterocycles. The summed E-state index contributed by atoms with van der Waals surface area (Å²) in [6, 6.07) is 13.3. The Kier molecular flexibility index (Phi) is 7.01. The lowest BCUT2D eigenvalue weighted by molar-refractivity contribution is -0.118. The van der Waals surface area contributed by atoms with Gasteiger partial charge in [-0.05, 0) is 42.3 Å². The Morgan fingerprint density at radius 3 is 2.63 bits per heavy atom. The minimum absolute atomic E-state index is 0.127. The van der Waals surface area contributed by atoms with Crippen molar-refractivity contribution >= 4 is 35.0 Å². The number of halogens is 1. The van der Waals surface area contributed by atoms with Crippen LogP contribution in [-0.2, 0) is 10.5 Å². The molecule has 1 N–H and O–H groups in total. The van der Waals surface area contributed by atoms with Crippen LogP contribution in [-0.4, -0.2) is 30.6 Å². The predicted octanol–water partition coefficient (Wildman–Crippen LogP) is 4.27. The van der Waals surface area contributed by atoms with E-state index in [0.717, 1.165) is 28.3 Å². The third-order valence-electron chi connectivity index (χ3n) is 3.94. The van der Waals surface area contributed by atoms with Gasteiger partial charge in [-0.25, -0.2) is 5.43 Å². The number of nitrogens with zero attached hydrogens (tertiary/aromatic N) is 1. The van der Waals surface area contributed by atoms with Gasteiger partial charge >= 0.3 is 0 Å². The zero-order valence-corrected chi connectivity index (χ0v) is 16.6. The summed E-state index contributed by atoms with van der Waals surface area (Å²) < 4.78 is 11.1. The van der Waals surface area contributed by atoms with E-state index in [1.165, 1.54) is 11.8 Å². The minimum atomic E-state index is -0.127. The van der Waals surface area contributed by atoms with Gasteiger partial charge in [0.2, 0.25) is 5.91 Å². The first-order chi connectivity index (χ1) is 13.2. The second-order valence-corrected chi connectivity index (χ2v) is 7.35. The van der Waals surface area contributed by atoms with Gasteiger partial charge in [0.15, 0.2) is 11.5 Å². The number of benzene rings is 2. The van der Waals surface area contributed by atoms with Crippen molar-refractivity contribution in [2.24, 2.45) is 5.10 Å². The van der Waals surface area contributed by atoms with E-state index in [1.807, 2.05) is 49.4 Å². The fourth-order valence-corrected chi connectivity index (χ4v) is 3.48. The Morgan fingerprint density at radius 1 is 1.15 bits per heavy atom. The maximum atomic E-state index is 12.1. The number of rotatable bonds is 7. The number of carbonyl (C=O) groups excluding carboxylic acids is 1. The van der Waals surface area contributed by atoms with E-state index < -0.39 is 0 Å². The van der Waals surface area contributed by atoms with Crippen LogP contribution in [0.2, 0.25) is 5.02 Å². The average Bonchev–Trinajstić information content (AvgIpc) is 2.70. The molecule has 0 bridgehead atoms. The molecule has 0 radical (unpaired) electrons. The molecule has 0 saturated carbocycles. The molecule has 7 heteroatoms. The first-order valence-corrected chi connectivity index (χ1v) is 10.3. The molecular formula is C20H21ClN2O3S. The monoisotopic (exact) mass is 404 g/mol. The van der Waals surface area contributed by atoms with Gasteiger partial charge in [0.05, 0.1) is 11.5 Å². The van der Waals surface area contributed by atoms with E-state index in [-0.39, 0.29) is 5.91 Å². The lowest BCUT2D eigenvalue weighted by Crippen LogP contribution is -2.22. The number of hydrogen-bond donors (Lipinski definition) is 1.